The van der Waals surface area contributed by atoms with E-state index in [-0.39, 0.29) is 33.7 Å². The van der Waals surface area contributed by atoms with Crippen LogP contribution in [0, 0.1) is 10.1 Å². The minimum atomic E-state index is -0.749. The van der Waals surface area contributed by atoms with Gasteiger partial charge in [0, 0.05) is 12.1 Å². The van der Waals surface area contributed by atoms with Crippen molar-refractivity contribution in [3.05, 3.63) is 55.3 Å². The Kier molecular flexibility index (Phi) is 5.27. The Balaban J connectivity index is 1.96. The van der Waals surface area contributed by atoms with Gasteiger partial charge in [0.1, 0.15) is 18.4 Å². The first kappa shape index (κ1) is 19.3. The molecule has 0 radical (unpaired) electrons. The molecule has 1 aliphatic rings. The Hall–Kier alpha value is -3.47. The largest absolute Gasteiger partial charge is 0.465 e. The number of carbonyl (C=O) groups is 3. The maximum Gasteiger partial charge on any atom is 0.326 e. The number of fused-ring (bicyclic) bond motifs is 1. The maximum atomic E-state index is 12.6. The van der Waals surface area contributed by atoms with Crippen LogP contribution >= 0.6 is 11.8 Å². The lowest BCUT2D eigenvalue weighted by atomic mass is 10.1. The van der Waals surface area contributed by atoms with Crippen molar-refractivity contribution in [1.82, 2.24) is 4.90 Å². The minimum absolute atomic E-state index is 0.0336. The van der Waals surface area contributed by atoms with Crippen LogP contribution in [0.1, 0.15) is 12.5 Å². The van der Waals surface area contributed by atoms with E-state index in [0.717, 1.165) is 18.4 Å². The number of carbonyl (C=O) groups excluding carboxylic acids is 3. The Labute approximate surface area is 160 Å². The number of amides is 2. The van der Waals surface area contributed by atoms with Crippen molar-refractivity contribution in [1.29, 1.82) is 0 Å². The quantitative estimate of drug-likeness (QED) is 0.318. The monoisotopic (exact) mass is 404 g/mol. The molecule has 0 unspecified atom stereocenters. The molecule has 1 aliphatic heterocycles. The molecule has 3 rings (SSSR count). The number of nitro benzene ring substituents is 1. The molecule has 0 bridgehead atoms. The fourth-order valence-electron chi connectivity index (χ4n) is 2.46. The van der Waals surface area contributed by atoms with Crippen molar-refractivity contribution >= 4 is 51.6 Å². The first-order valence-corrected chi connectivity index (χ1v) is 8.74. The predicted molar refractivity (Wildman–Crippen MR) is 98.4 cm³/mol. The minimum Gasteiger partial charge on any atom is -0.465 e. The zero-order valence-corrected chi connectivity index (χ0v) is 15.2. The molecule has 1 saturated heterocycles. The van der Waals surface area contributed by atoms with E-state index in [1.54, 1.807) is 6.92 Å². The van der Waals surface area contributed by atoms with Crippen molar-refractivity contribution in [3.63, 3.8) is 0 Å². The van der Waals surface area contributed by atoms with Crippen LogP contribution in [0.4, 0.5) is 10.5 Å². The van der Waals surface area contributed by atoms with Gasteiger partial charge in [0.25, 0.3) is 16.8 Å². The second kappa shape index (κ2) is 7.64. The van der Waals surface area contributed by atoms with Crippen molar-refractivity contribution < 1.29 is 28.5 Å². The van der Waals surface area contributed by atoms with Gasteiger partial charge in [0.15, 0.2) is 5.43 Å². The number of hydrogen-bond acceptors (Lipinski definition) is 9. The van der Waals surface area contributed by atoms with Crippen LogP contribution < -0.4 is 5.43 Å². The lowest BCUT2D eigenvalue weighted by molar-refractivity contribution is -0.384. The summed E-state index contributed by atoms with van der Waals surface area (Å²) in [6, 6.07) is 3.57. The van der Waals surface area contributed by atoms with E-state index in [2.05, 4.69) is 0 Å². The van der Waals surface area contributed by atoms with E-state index in [1.165, 1.54) is 12.1 Å². The highest BCUT2D eigenvalue weighted by atomic mass is 32.2. The zero-order chi connectivity index (χ0) is 20.4. The molecule has 144 valence electrons. The third kappa shape index (κ3) is 3.64. The van der Waals surface area contributed by atoms with Gasteiger partial charge in [-0.15, -0.1) is 0 Å². The third-order valence-corrected chi connectivity index (χ3v) is 4.65. The van der Waals surface area contributed by atoms with Crippen molar-refractivity contribution in [3.8, 4) is 0 Å². The summed E-state index contributed by atoms with van der Waals surface area (Å²) in [5.41, 5.74) is -0.799. The number of esters is 1. The van der Waals surface area contributed by atoms with E-state index in [4.69, 9.17) is 9.15 Å². The average Bonchev–Trinajstić information content (AvgIpc) is 2.91. The summed E-state index contributed by atoms with van der Waals surface area (Å²) in [6.07, 6.45) is 2.25. The normalized spacial score (nSPS) is 15.5. The van der Waals surface area contributed by atoms with E-state index in [9.17, 15) is 29.3 Å². The molecule has 0 saturated carbocycles. The van der Waals surface area contributed by atoms with Crippen LogP contribution in [-0.2, 0) is 14.3 Å². The summed E-state index contributed by atoms with van der Waals surface area (Å²) in [5, 5.41) is 10.2. The molecule has 2 amide bonds. The molecule has 10 nitrogen and oxygen atoms in total. The standard InChI is InChI=1S/C17H12N2O8S/c1-2-26-14(20)7-18-16(22)13(28-17(18)23)5-9-8-27-12-4-3-10(19(24)25)6-11(12)15(9)21/h3-6,8H,2,7H2,1H3/b13-5+. The Morgan fingerprint density at radius 3 is 2.79 bits per heavy atom. The topological polar surface area (TPSA) is 137 Å². The fraction of sp³-hybridized carbons (Fsp3) is 0.176. The summed E-state index contributed by atoms with van der Waals surface area (Å²) in [4.78, 5) is 59.4. The van der Waals surface area contributed by atoms with E-state index >= 15 is 0 Å². The Bertz CT molecular complexity index is 1100. The summed E-state index contributed by atoms with van der Waals surface area (Å²) in [6.45, 7) is 1.17. The molecule has 28 heavy (non-hydrogen) atoms. The van der Waals surface area contributed by atoms with Crippen molar-refractivity contribution in [2.45, 2.75) is 6.92 Å². The molecule has 2 aromatic rings. The first-order valence-electron chi connectivity index (χ1n) is 7.92. The predicted octanol–water partition coefficient (Wildman–Crippen LogP) is 2.30. The van der Waals surface area contributed by atoms with Gasteiger partial charge in [-0.05, 0) is 30.8 Å². The van der Waals surface area contributed by atoms with Crippen LogP contribution in [0.25, 0.3) is 17.0 Å². The van der Waals surface area contributed by atoms with Crippen molar-refractivity contribution in [2.75, 3.05) is 13.2 Å². The second-order valence-electron chi connectivity index (χ2n) is 5.53. The van der Waals surface area contributed by atoms with Crippen LogP contribution in [0.3, 0.4) is 0 Å². The van der Waals surface area contributed by atoms with E-state index in [0.29, 0.717) is 16.7 Å². The number of ether oxygens (including phenoxy) is 1. The number of non-ortho nitro benzene ring substituents is 1. The van der Waals surface area contributed by atoms with Crippen LogP contribution in [0.2, 0.25) is 0 Å². The summed E-state index contributed by atoms with van der Waals surface area (Å²) < 4.78 is 10.0. The second-order valence-corrected chi connectivity index (χ2v) is 6.52. The SMILES string of the molecule is CCOC(=O)CN1C(=O)S/C(=C/c2coc3ccc([N+](=O)[O-])cc3c2=O)C1=O. The first-order chi connectivity index (χ1) is 13.3. The number of benzene rings is 1. The maximum absolute atomic E-state index is 12.6. The molecule has 1 aromatic heterocycles. The smallest absolute Gasteiger partial charge is 0.326 e. The average molecular weight is 404 g/mol. The van der Waals surface area contributed by atoms with Crippen LogP contribution in [-0.4, -0.2) is 40.1 Å². The number of nitrogens with zero attached hydrogens (tertiary/aromatic N) is 2. The molecule has 0 aliphatic carbocycles. The van der Waals surface area contributed by atoms with Gasteiger partial charge in [0.05, 0.1) is 27.4 Å². The molecule has 11 heteroatoms. The highest BCUT2D eigenvalue weighted by molar-refractivity contribution is 8.18. The third-order valence-electron chi connectivity index (χ3n) is 3.75. The molecule has 1 aromatic carbocycles. The fourth-order valence-corrected chi connectivity index (χ4v) is 3.29. The Morgan fingerprint density at radius 1 is 1.36 bits per heavy atom. The lowest BCUT2D eigenvalue weighted by Gasteiger charge is -2.10. The van der Waals surface area contributed by atoms with Gasteiger partial charge < -0.3 is 9.15 Å². The van der Waals surface area contributed by atoms with Crippen LogP contribution in [0.15, 0.2) is 38.6 Å². The summed E-state index contributed by atoms with van der Waals surface area (Å²) in [5.74, 6) is -1.48. The lowest BCUT2D eigenvalue weighted by Crippen LogP contribution is -2.34. The Morgan fingerprint density at radius 2 is 2.11 bits per heavy atom. The van der Waals surface area contributed by atoms with Gasteiger partial charge in [0.2, 0.25) is 0 Å². The zero-order valence-electron chi connectivity index (χ0n) is 14.4. The highest BCUT2D eigenvalue weighted by Crippen LogP contribution is 2.32. The van der Waals surface area contributed by atoms with Crippen molar-refractivity contribution in [2.24, 2.45) is 0 Å². The number of nitro groups is 1. The van der Waals surface area contributed by atoms with Gasteiger partial charge in [-0.1, -0.05) is 0 Å². The number of thioether (sulfide) groups is 1. The molecule has 0 spiro atoms. The van der Waals surface area contributed by atoms with E-state index < -0.39 is 34.0 Å². The van der Waals surface area contributed by atoms with Gasteiger partial charge in [-0.25, -0.2) is 0 Å². The number of imide groups is 1. The number of hydrogen-bond donors (Lipinski definition) is 0. The molecular formula is C17H12N2O8S. The summed E-state index contributed by atoms with van der Waals surface area (Å²) >= 11 is 0.561. The van der Waals surface area contributed by atoms with E-state index in [1.807, 2.05) is 0 Å². The molecule has 2 heterocycles. The highest BCUT2D eigenvalue weighted by Gasteiger charge is 2.36. The molecular weight excluding hydrogens is 392 g/mol. The summed E-state index contributed by atoms with van der Waals surface area (Å²) in [7, 11) is 0. The van der Waals surface area contributed by atoms with Gasteiger partial charge in [-0.2, -0.15) is 0 Å². The number of rotatable bonds is 5. The van der Waals surface area contributed by atoms with Gasteiger partial charge >= 0.3 is 5.97 Å². The van der Waals surface area contributed by atoms with Gasteiger partial charge in [-0.3, -0.25) is 34.2 Å². The van der Waals surface area contributed by atoms with Crippen LogP contribution in [0.5, 0.6) is 0 Å². The molecule has 0 N–H and O–H groups in total. The molecule has 1 fully saturated rings. The molecule has 0 atom stereocenters.